The van der Waals surface area contributed by atoms with Crippen molar-refractivity contribution in [2.45, 2.75) is 31.6 Å². The van der Waals surface area contributed by atoms with Crippen LogP contribution in [0.1, 0.15) is 30.0 Å². The lowest BCUT2D eigenvalue weighted by atomic mass is 9.87. The summed E-state index contributed by atoms with van der Waals surface area (Å²) in [6.07, 6.45) is -4.19. The van der Waals surface area contributed by atoms with Crippen molar-refractivity contribution >= 4 is 17.8 Å². The molecule has 1 fully saturated rings. The zero-order valence-corrected chi connectivity index (χ0v) is 16.1. The smallest absolute Gasteiger partial charge is 0.350 e. The van der Waals surface area contributed by atoms with Gasteiger partial charge >= 0.3 is 12.2 Å². The third kappa shape index (κ3) is 4.14. The molecule has 2 aromatic rings. The van der Waals surface area contributed by atoms with E-state index in [2.05, 4.69) is 10.6 Å². The molecule has 6 nitrogen and oxygen atoms in total. The minimum Gasteiger partial charge on any atom is -0.350 e. The maximum atomic E-state index is 13.0. The van der Waals surface area contributed by atoms with Crippen molar-refractivity contribution in [1.82, 2.24) is 15.5 Å². The summed E-state index contributed by atoms with van der Waals surface area (Å²) in [6.45, 7) is 1.06. The van der Waals surface area contributed by atoms with Crippen LogP contribution in [0.2, 0.25) is 0 Å². The standard InChI is InChI=1S/C21H20F3N3O3/c1-2-20(15-8-4-3-5-9-15)18(29)27(19(30)26-20)13-17(28)25-12-14-7-6-10-16(11-14)21(22,23)24/h3-11H,2,12-13H2,1H3,(H,25,28)(H,26,30). The molecule has 1 unspecified atom stereocenters. The Kier molecular flexibility index (Phi) is 5.82. The topological polar surface area (TPSA) is 78.5 Å². The first-order valence-corrected chi connectivity index (χ1v) is 9.30. The molecule has 4 amide bonds. The van der Waals surface area contributed by atoms with Gasteiger partial charge in [0.1, 0.15) is 12.1 Å². The Balaban J connectivity index is 1.67. The zero-order chi connectivity index (χ0) is 21.9. The fraction of sp³-hybridized carbons (Fsp3) is 0.286. The first-order valence-electron chi connectivity index (χ1n) is 9.30. The fourth-order valence-corrected chi connectivity index (χ4v) is 3.39. The van der Waals surface area contributed by atoms with Crippen LogP contribution in [0, 0.1) is 0 Å². The predicted molar refractivity (Wildman–Crippen MR) is 102 cm³/mol. The number of halogens is 3. The number of nitrogens with zero attached hydrogens (tertiary/aromatic N) is 1. The van der Waals surface area contributed by atoms with Crippen LogP contribution in [0.3, 0.4) is 0 Å². The average Bonchev–Trinajstić information content (AvgIpc) is 2.97. The molecule has 0 aromatic heterocycles. The number of benzene rings is 2. The van der Waals surface area contributed by atoms with Crippen LogP contribution in [0.5, 0.6) is 0 Å². The van der Waals surface area contributed by atoms with Gasteiger partial charge in [-0.1, -0.05) is 49.4 Å². The number of carbonyl (C=O) groups excluding carboxylic acids is 3. The monoisotopic (exact) mass is 419 g/mol. The maximum Gasteiger partial charge on any atom is 0.416 e. The van der Waals surface area contributed by atoms with Crippen LogP contribution in [-0.4, -0.2) is 29.3 Å². The number of amides is 4. The van der Waals surface area contributed by atoms with Crippen molar-refractivity contribution in [3.8, 4) is 0 Å². The third-order valence-corrected chi connectivity index (χ3v) is 5.02. The third-order valence-electron chi connectivity index (χ3n) is 5.02. The lowest BCUT2D eigenvalue weighted by molar-refractivity contribution is -0.137. The number of alkyl halides is 3. The van der Waals surface area contributed by atoms with Crippen LogP contribution in [0.15, 0.2) is 54.6 Å². The minimum atomic E-state index is -4.49. The number of carbonyl (C=O) groups is 3. The van der Waals surface area contributed by atoms with E-state index in [1.165, 1.54) is 12.1 Å². The van der Waals surface area contributed by atoms with Gasteiger partial charge in [0.25, 0.3) is 5.91 Å². The van der Waals surface area contributed by atoms with Crippen molar-refractivity contribution < 1.29 is 27.6 Å². The maximum absolute atomic E-state index is 13.0. The van der Waals surface area contributed by atoms with Crippen molar-refractivity contribution in [2.24, 2.45) is 0 Å². The summed E-state index contributed by atoms with van der Waals surface area (Å²) >= 11 is 0. The van der Waals surface area contributed by atoms with E-state index >= 15 is 0 Å². The Morgan fingerprint density at radius 3 is 2.43 bits per heavy atom. The van der Waals surface area contributed by atoms with Crippen LogP contribution >= 0.6 is 0 Å². The van der Waals surface area contributed by atoms with Crippen molar-refractivity contribution in [3.63, 3.8) is 0 Å². The van der Waals surface area contributed by atoms with E-state index in [9.17, 15) is 27.6 Å². The molecule has 0 radical (unpaired) electrons. The van der Waals surface area contributed by atoms with E-state index in [1.807, 2.05) is 0 Å². The Labute approximate surface area is 171 Å². The van der Waals surface area contributed by atoms with Gasteiger partial charge in [-0.05, 0) is 29.7 Å². The molecule has 1 saturated heterocycles. The molecule has 0 spiro atoms. The molecule has 1 atom stereocenters. The molecule has 2 N–H and O–H groups in total. The highest BCUT2D eigenvalue weighted by atomic mass is 19.4. The summed E-state index contributed by atoms with van der Waals surface area (Å²) in [4.78, 5) is 38.4. The van der Waals surface area contributed by atoms with Crippen LogP contribution < -0.4 is 10.6 Å². The second kappa shape index (κ2) is 8.17. The summed E-state index contributed by atoms with van der Waals surface area (Å²) < 4.78 is 38.4. The van der Waals surface area contributed by atoms with Gasteiger partial charge in [0, 0.05) is 6.54 Å². The normalized spacial score (nSPS) is 19.0. The first kappa shape index (κ1) is 21.4. The molecule has 0 aliphatic carbocycles. The number of rotatable bonds is 6. The molecular weight excluding hydrogens is 399 g/mol. The van der Waals surface area contributed by atoms with E-state index in [-0.39, 0.29) is 12.1 Å². The predicted octanol–water partition coefficient (Wildman–Crippen LogP) is 3.18. The van der Waals surface area contributed by atoms with Crippen molar-refractivity contribution in [3.05, 3.63) is 71.3 Å². The molecule has 1 aliphatic rings. The Morgan fingerprint density at radius 1 is 1.10 bits per heavy atom. The number of hydrogen-bond acceptors (Lipinski definition) is 3. The molecule has 0 bridgehead atoms. The SMILES string of the molecule is CCC1(c2ccccc2)NC(=O)N(CC(=O)NCc2cccc(C(F)(F)F)c2)C1=O. The molecule has 30 heavy (non-hydrogen) atoms. The molecule has 1 aliphatic heterocycles. The highest BCUT2D eigenvalue weighted by molar-refractivity contribution is 6.09. The molecule has 2 aromatic carbocycles. The summed E-state index contributed by atoms with van der Waals surface area (Å²) in [6, 6.07) is 12.6. The second-order valence-corrected chi connectivity index (χ2v) is 6.92. The van der Waals surface area contributed by atoms with Crippen LogP contribution in [-0.2, 0) is 27.8 Å². The van der Waals surface area contributed by atoms with Gasteiger partial charge < -0.3 is 10.6 Å². The van der Waals surface area contributed by atoms with Gasteiger partial charge in [0.05, 0.1) is 5.56 Å². The highest BCUT2D eigenvalue weighted by Crippen LogP contribution is 2.32. The Bertz CT molecular complexity index is 963. The van der Waals surface area contributed by atoms with Gasteiger partial charge in [0.2, 0.25) is 5.91 Å². The van der Waals surface area contributed by atoms with Gasteiger partial charge in [-0.3, -0.25) is 14.5 Å². The zero-order valence-electron chi connectivity index (χ0n) is 16.1. The summed E-state index contributed by atoms with van der Waals surface area (Å²) in [7, 11) is 0. The summed E-state index contributed by atoms with van der Waals surface area (Å²) in [5.41, 5.74) is -1.21. The number of nitrogens with one attached hydrogen (secondary N) is 2. The molecular formula is C21H20F3N3O3. The number of hydrogen-bond donors (Lipinski definition) is 2. The summed E-state index contributed by atoms with van der Waals surface area (Å²) in [5.74, 6) is -1.20. The first-order chi connectivity index (χ1) is 14.2. The van der Waals surface area contributed by atoms with E-state index in [0.717, 1.165) is 17.0 Å². The van der Waals surface area contributed by atoms with Crippen molar-refractivity contribution in [2.75, 3.05) is 6.54 Å². The highest BCUT2D eigenvalue weighted by Gasteiger charge is 2.51. The molecule has 9 heteroatoms. The lowest BCUT2D eigenvalue weighted by Gasteiger charge is -2.25. The van der Waals surface area contributed by atoms with Gasteiger partial charge in [-0.2, -0.15) is 13.2 Å². The van der Waals surface area contributed by atoms with E-state index < -0.39 is 41.7 Å². The Hall–Kier alpha value is -3.36. The van der Waals surface area contributed by atoms with Crippen LogP contribution in [0.25, 0.3) is 0 Å². The minimum absolute atomic E-state index is 0.163. The summed E-state index contributed by atoms with van der Waals surface area (Å²) in [5, 5.41) is 5.12. The van der Waals surface area contributed by atoms with E-state index in [0.29, 0.717) is 12.0 Å². The fourth-order valence-electron chi connectivity index (χ4n) is 3.39. The second-order valence-electron chi connectivity index (χ2n) is 6.92. The largest absolute Gasteiger partial charge is 0.416 e. The van der Waals surface area contributed by atoms with Gasteiger partial charge in [-0.15, -0.1) is 0 Å². The Morgan fingerprint density at radius 2 is 1.80 bits per heavy atom. The van der Waals surface area contributed by atoms with E-state index in [4.69, 9.17) is 0 Å². The van der Waals surface area contributed by atoms with Crippen LogP contribution in [0.4, 0.5) is 18.0 Å². The number of urea groups is 1. The van der Waals surface area contributed by atoms with Gasteiger partial charge in [0.15, 0.2) is 0 Å². The van der Waals surface area contributed by atoms with E-state index in [1.54, 1.807) is 37.3 Å². The lowest BCUT2D eigenvalue weighted by Crippen LogP contribution is -2.44. The van der Waals surface area contributed by atoms with Gasteiger partial charge in [-0.25, -0.2) is 4.79 Å². The van der Waals surface area contributed by atoms with Crippen molar-refractivity contribution in [1.29, 1.82) is 0 Å². The molecule has 0 saturated carbocycles. The average molecular weight is 419 g/mol. The molecule has 1 heterocycles. The quantitative estimate of drug-likeness (QED) is 0.706. The molecule has 158 valence electrons. The number of imide groups is 1. The molecule has 3 rings (SSSR count).